The molecule has 2 aromatic rings. The zero-order chi connectivity index (χ0) is 15.1. The smallest absolute Gasteiger partial charge is 0.132 e. The fourth-order valence-electron chi connectivity index (χ4n) is 2.05. The molecule has 0 radical (unpaired) electrons. The normalized spacial score (nSPS) is 10.7. The summed E-state index contributed by atoms with van der Waals surface area (Å²) in [6.45, 7) is 1.67. The van der Waals surface area contributed by atoms with Crippen LogP contribution < -0.4 is 9.47 Å². The molecule has 0 amide bonds. The van der Waals surface area contributed by atoms with E-state index in [9.17, 15) is 0 Å². The highest BCUT2D eigenvalue weighted by atomic mass is 16.5. The molecule has 21 heavy (non-hydrogen) atoms. The van der Waals surface area contributed by atoms with Crippen LogP contribution >= 0.6 is 0 Å². The van der Waals surface area contributed by atoms with Crippen molar-refractivity contribution in [1.82, 2.24) is 9.88 Å². The number of hydrogen-bond donors (Lipinski definition) is 0. The summed E-state index contributed by atoms with van der Waals surface area (Å²) in [6, 6.07) is 11.7. The average Bonchev–Trinajstić information content (AvgIpc) is 2.52. The maximum atomic E-state index is 5.94. The van der Waals surface area contributed by atoms with Gasteiger partial charge in [-0.1, -0.05) is 6.07 Å². The molecule has 0 saturated carbocycles. The minimum absolute atomic E-state index is 0.672. The molecule has 4 nitrogen and oxygen atoms in total. The molecule has 0 spiro atoms. The van der Waals surface area contributed by atoms with Crippen LogP contribution in [0.3, 0.4) is 0 Å². The van der Waals surface area contributed by atoms with Gasteiger partial charge in [-0.25, -0.2) is 0 Å². The van der Waals surface area contributed by atoms with Gasteiger partial charge in [-0.15, -0.1) is 0 Å². The van der Waals surface area contributed by atoms with Crippen LogP contribution in [0.5, 0.6) is 11.5 Å². The van der Waals surface area contributed by atoms with Crippen molar-refractivity contribution in [2.24, 2.45) is 0 Å². The van der Waals surface area contributed by atoms with Crippen molar-refractivity contribution in [3.8, 4) is 22.8 Å². The summed E-state index contributed by atoms with van der Waals surface area (Å²) in [5.41, 5.74) is 1.89. The highest BCUT2D eigenvalue weighted by Gasteiger charge is 2.09. The number of ether oxygens (including phenoxy) is 2. The van der Waals surface area contributed by atoms with E-state index in [1.54, 1.807) is 13.3 Å². The first-order valence-corrected chi connectivity index (χ1v) is 7.07. The zero-order valence-electron chi connectivity index (χ0n) is 12.9. The van der Waals surface area contributed by atoms with Crippen molar-refractivity contribution in [2.75, 3.05) is 34.4 Å². The van der Waals surface area contributed by atoms with Gasteiger partial charge >= 0.3 is 0 Å². The quantitative estimate of drug-likeness (QED) is 0.733. The molecule has 0 N–H and O–H groups in total. The maximum absolute atomic E-state index is 5.94. The van der Waals surface area contributed by atoms with Crippen LogP contribution in [0.4, 0.5) is 0 Å². The van der Waals surface area contributed by atoms with Crippen LogP contribution in [0, 0.1) is 0 Å². The second-order valence-electron chi connectivity index (χ2n) is 5.08. The van der Waals surface area contributed by atoms with Gasteiger partial charge in [0.05, 0.1) is 19.4 Å². The third kappa shape index (κ3) is 4.46. The largest absolute Gasteiger partial charge is 0.497 e. The fourth-order valence-corrected chi connectivity index (χ4v) is 2.05. The lowest BCUT2D eigenvalue weighted by atomic mass is 10.1. The Hall–Kier alpha value is -2.07. The summed E-state index contributed by atoms with van der Waals surface area (Å²) in [5.74, 6) is 1.60. The Morgan fingerprint density at radius 3 is 2.67 bits per heavy atom. The lowest BCUT2D eigenvalue weighted by molar-refractivity contribution is 0.281. The number of nitrogens with zero attached hydrogens (tertiary/aromatic N) is 2. The molecular formula is C17H22N2O2. The van der Waals surface area contributed by atoms with Crippen LogP contribution in [0.15, 0.2) is 42.6 Å². The molecule has 1 heterocycles. The second-order valence-corrected chi connectivity index (χ2v) is 5.08. The van der Waals surface area contributed by atoms with E-state index in [-0.39, 0.29) is 0 Å². The lowest BCUT2D eigenvalue weighted by Gasteiger charge is -2.14. The predicted molar refractivity (Wildman–Crippen MR) is 84.9 cm³/mol. The van der Waals surface area contributed by atoms with E-state index >= 15 is 0 Å². The number of methoxy groups -OCH3 is 1. The highest BCUT2D eigenvalue weighted by molar-refractivity contribution is 5.68. The van der Waals surface area contributed by atoms with Gasteiger partial charge in [0, 0.05) is 24.4 Å². The zero-order valence-corrected chi connectivity index (χ0v) is 12.9. The molecule has 2 rings (SSSR count). The molecule has 0 aliphatic heterocycles. The third-order valence-corrected chi connectivity index (χ3v) is 3.14. The van der Waals surface area contributed by atoms with Crippen molar-refractivity contribution in [3.63, 3.8) is 0 Å². The number of aromatic nitrogens is 1. The molecule has 0 saturated heterocycles. The topological polar surface area (TPSA) is 34.6 Å². The first-order chi connectivity index (χ1) is 10.2. The van der Waals surface area contributed by atoms with Crippen molar-refractivity contribution in [3.05, 3.63) is 42.6 Å². The minimum atomic E-state index is 0.672. The molecule has 0 aliphatic carbocycles. The molecule has 1 aromatic carbocycles. The summed E-state index contributed by atoms with van der Waals surface area (Å²) in [4.78, 5) is 6.54. The van der Waals surface area contributed by atoms with Gasteiger partial charge in [0.1, 0.15) is 11.5 Å². The molecule has 0 bridgehead atoms. The standard InChI is InChI=1S/C17H22N2O2/c1-19(2)11-6-12-21-17-13-14(20-3)8-9-15(17)16-7-4-5-10-18-16/h4-5,7-10,13H,6,11-12H2,1-3H3. The first-order valence-electron chi connectivity index (χ1n) is 7.07. The summed E-state index contributed by atoms with van der Waals surface area (Å²) in [5, 5.41) is 0. The Labute approximate surface area is 126 Å². The van der Waals surface area contributed by atoms with E-state index in [0.29, 0.717) is 6.61 Å². The summed E-state index contributed by atoms with van der Waals surface area (Å²) < 4.78 is 11.2. The SMILES string of the molecule is COc1ccc(-c2ccccn2)c(OCCCN(C)C)c1. The van der Waals surface area contributed by atoms with Crippen LogP contribution in [-0.4, -0.2) is 44.2 Å². The van der Waals surface area contributed by atoms with Crippen LogP contribution in [-0.2, 0) is 0 Å². The monoisotopic (exact) mass is 286 g/mol. The molecule has 0 unspecified atom stereocenters. The van der Waals surface area contributed by atoms with Crippen molar-refractivity contribution < 1.29 is 9.47 Å². The Kier molecular flexibility index (Phi) is 5.58. The number of pyridine rings is 1. The minimum Gasteiger partial charge on any atom is -0.497 e. The van der Waals surface area contributed by atoms with E-state index in [4.69, 9.17) is 9.47 Å². The second kappa shape index (κ2) is 7.64. The summed E-state index contributed by atoms with van der Waals surface area (Å²) >= 11 is 0. The van der Waals surface area contributed by atoms with Gasteiger partial charge in [0.2, 0.25) is 0 Å². The van der Waals surface area contributed by atoms with Gasteiger partial charge in [-0.3, -0.25) is 4.98 Å². The molecular weight excluding hydrogens is 264 g/mol. The molecule has 0 atom stereocenters. The molecule has 4 heteroatoms. The van der Waals surface area contributed by atoms with Crippen molar-refractivity contribution >= 4 is 0 Å². The first kappa shape index (κ1) is 15.3. The summed E-state index contributed by atoms with van der Waals surface area (Å²) in [7, 11) is 5.78. The Balaban J connectivity index is 2.16. The fraction of sp³-hybridized carbons (Fsp3) is 0.353. The van der Waals surface area contributed by atoms with Gasteiger partial charge in [-0.05, 0) is 44.8 Å². The number of rotatable bonds is 7. The van der Waals surface area contributed by atoms with Gasteiger partial charge < -0.3 is 14.4 Å². The summed E-state index contributed by atoms with van der Waals surface area (Å²) in [6.07, 6.45) is 2.77. The average molecular weight is 286 g/mol. The molecule has 112 valence electrons. The Morgan fingerprint density at radius 1 is 1.14 bits per heavy atom. The van der Waals surface area contributed by atoms with Crippen LogP contribution in [0.25, 0.3) is 11.3 Å². The van der Waals surface area contributed by atoms with E-state index in [1.807, 2.05) is 36.4 Å². The van der Waals surface area contributed by atoms with E-state index in [0.717, 1.165) is 35.7 Å². The lowest BCUT2D eigenvalue weighted by Crippen LogP contribution is -2.15. The predicted octanol–water partition coefficient (Wildman–Crippen LogP) is 3.09. The van der Waals surface area contributed by atoms with Gasteiger partial charge in [0.25, 0.3) is 0 Å². The molecule has 0 fully saturated rings. The maximum Gasteiger partial charge on any atom is 0.132 e. The van der Waals surface area contributed by atoms with Crippen molar-refractivity contribution in [2.45, 2.75) is 6.42 Å². The Bertz CT molecular complexity index is 556. The molecule has 0 aliphatic rings. The molecule has 1 aromatic heterocycles. The number of hydrogen-bond acceptors (Lipinski definition) is 4. The highest BCUT2D eigenvalue weighted by Crippen LogP contribution is 2.32. The third-order valence-electron chi connectivity index (χ3n) is 3.14. The van der Waals surface area contributed by atoms with Gasteiger partial charge in [-0.2, -0.15) is 0 Å². The van der Waals surface area contributed by atoms with E-state index in [1.165, 1.54) is 0 Å². The van der Waals surface area contributed by atoms with Gasteiger partial charge in [0.15, 0.2) is 0 Å². The van der Waals surface area contributed by atoms with E-state index in [2.05, 4.69) is 24.0 Å². The van der Waals surface area contributed by atoms with Crippen LogP contribution in [0.1, 0.15) is 6.42 Å². The van der Waals surface area contributed by atoms with Crippen molar-refractivity contribution in [1.29, 1.82) is 0 Å². The van der Waals surface area contributed by atoms with E-state index < -0.39 is 0 Å². The number of benzene rings is 1. The Morgan fingerprint density at radius 2 is 2.00 bits per heavy atom. The van der Waals surface area contributed by atoms with Crippen LogP contribution in [0.2, 0.25) is 0 Å².